The molecule has 102 valence electrons. The molecule has 19 heavy (non-hydrogen) atoms. The zero-order valence-electron chi connectivity index (χ0n) is 9.87. The van der Waals surface area contributed by atoms with Crippen LogP contribution in [0.4, 0.5) is 13.2 Å². The van der Waals surface area contributed by atoms with Crippen LogP contribution >= 0.6 is 11.6 Å². The standard InChI is InChI=1S/C11H10ClF3N4/c1-6-2-3-7(12)4-9(6)19-10(11(13,14)15)8(5-16)17-18-19/h2-4H,5,16H2,1H3. The lowest BCUT2D eigenvalue weighted by Crippen LogP contribution is -2.17. The molecular formula is C11H10ClF3N4. The van der Waals surface area contributed by atoms with E-state index in [1.54, 1.807) is 19.1 Å². The number of hydrogen-bond donors (Lipinski definition) is 1. The van der Waals surface area contributed by atoms with Crippen LogP contribution in [0.5, 0.6) is 0 Å². The third-order valence-electron chi connectivity index (χ3n) is 2.60. The Kier molecular flexibility index (Phi) is 3.51. The van der Waals surface area contributed by atoms with Gasteiger partial charge < -0.3 is 5.73 Å². The van der Waals surface area contributed by atoms with Crippen molar-refractivity contribution in [1.82, 2.24) is 15.0 Å². The molecule has 0 saturated carbocycles. The average Bonchev–Trinajstić information content (AvgIpc) is 2.75. The van der Waals surface area contributed by atoms with E-state index in [9.17, 15) is 13.2 Å². The van der Waals surface area contributed by atoms with Gasteiger partial charge in [0.25, 0.3) is 0 Å². The summed E-state index contributed by atoms with van der Waals surface area (Å²) in [6.45, 7) is 1.32. The van der Waals surface area contributed by atoms with Crippen LogP contribution in [0, 0.1) is 6.92 Å². The molecule has 1 aromatic carbocycles. The Labute approximate surface area is 112 Å². The number of nitrogens with zero attached hydrogens (tertiary/aromatic N) is 3. The fraction of sp³-hybridized carbons (Fsp3) is 0.273. The second-order valence-electron chi connectivity index (χ2n) is 3.93. The first kappa shape index (κ1) is 13.8. The fourth-order valence-electron chi connectivity index (χ4n) is 1.71. The SMILES string of the molecule is Cc1ccc(Cl)cc1-n1nnc(CN)c1C(F)(F)F. The van der Waals surface area contributed by atoms with Gasteiger partial charge in [0.2, 0.25) is 0 Å². The van der Waals surface area contributed by atoms with Crippen molar-refractivity contribution in [2.24, 2.45) is 5.73 Å². The molecule has 0 radical (unpaired) electrons. The van der Waals surface area contributed by atoms with Gasteiger partial charge in [-0.1, -0.05) is 22.9 Å². The molecule has 0 aliphatic carbocycles. The summed E-state index contributed by atoms with van der Waals surface area (Å²) in [7, 11) is 0. The quantitative estimate of drug-likeness (QED) is 0.925. The van der Waals surface area contributed by atoms with Crippen molar-refractivity contribution in [3.63, 3.8) is 0 Å². The molecule has 0 aliphatic heterocycles. The molecule has 1 aromatic heterocycles. The first-order valence-corrected chi connectivity index (χ1v) is 5.70. The summed E-state index contributed by atoms with van der Waals surface area (Å²) in [4.78, 5) is 0. The number of rotatable bonds is 2. The third kappa shape index (κ3) is 2.57. The van der Waals surface area contributed by atoms with Crippen molar-refractivity contribution in [2.75, 3.05) is 0 Å². The molecule has 0 amide bonds. The summed E-state index contributed by atoms with van der Waals surface area (Å²) in [6.07, 6.45) is -4.59. The van der Waals surface area contributed by atoms with Gasteiger partial charge in [0.15, 0.2) is 5.69 Å². The van der Waals surface area contributed by atoms with Crippen LogP contribution in [-0.2, 0) is 12.7 Å². The van der Waals surface area contributed by atoms with Crippen molar-refractivity contribution in [3.05, 3.63) is 40.2 Å². The number of hydrogen-bond acceptors (Lipinski definition) is 3. The van der Waals surface area contributed by atoms with Gasteiger partial charge in [-0.25, -0.2) is 4.68 Å². The topological polar surface area (TPSA) is 56.7 Å². The lowest BCUT2D eigenvalue weighted by molar-refractivity contribution is -0.143. The second-order valence-corrected chi connectivity index (χ2v) is 4.37. The van der Waals surface area contributed by atoms with Crippen LogP contribution < -0.4 is 5.73 Å². The number of aryl methyl sites for hydroxylation is 1. The van der Waals surface area contributed by atoms with Gasteiger partial charge in [0.05, 0.1) is 5.69 Å². The van der Waals surface area contributed by atoms with Crippen molar-refractivity contribution < 1.29 is 13.2 Å². The molecule has 0 bridgehead atoms. The Morgan fingerprint density at radius 2 is 2.05 bits per heavy atom. The third-order valence-corrected chi connectivity index (χ3v) is 2.84. The molecule has 1 heterocycles. The number of halogens is 4. The summed E-state index contributed by atoms with van der Waals surface area (Å²) < 4.78 is 39.9. The van der Waals surface area contributed by atoms with Gasteiger partial charge in [-0.3, -0.25) is 0 Å². The minimum absolute atomic E-state index is 0.229. The van der Waals surface area contributed by atoms with Crippen LogP contribution in [0.2, 0.25) is 5.02 Å². The number of nitrogens with two attached hydrogens (primary N) is 1. The molecule has 2 rings (SSSR count). The van der Waals surface area contributed by atoms with E-state index in [0.717, 1.165) is 4.68 Å². The van der Waals surface area contributed by atoms with E-state index in [-0.39, 0.29) is 17.9 Å². The maximum atomic E-state index is 13.1. The summed E-state index contributed by atoms with van der Waals surface area (Å²) >= 11 is 5.81. The largest absolute Gasteiger partial charge is 0.435 e. The van der Waals surface area contributed by atoms with Gasteiger partial charge in [0.1, 0.15) is 5.69 Å². The van der Waals surface area contributed by atoms with Crippen molar-refractivity contribution in [1.29, 1.82) is 0 Å². The maximum absolute atomic E-state index is 13.1. The van der Waals surface area contributed by atoms with E-state index < -0.39 is 11.9 Å². The highest BCUT2D eigenvalue weighted by Crippen LogP contribution is 2.33. The van der Waals surface area contributed by atoms with Crippen molar-refractivity contribution in [3.8, 4) is 5.69 Å². The minimum Gasteiger partial charge on any atom is -0.325 e. The fourth-order valence-corrected chi connectivity index (χ4v) is 1.88. The van der Waals surface area contributed by atoms with E-state index >= 15 is 0 Å². The number of benzene rings is 1. The number of alkyl halides is 3. The van der Waals surface area contributed by atoms with E-state index in [1.807, 2.05) is 0 Å². The molecule has 2 aromatic rings. The predicted molar refractivity (Wildman–Crippen MR) is 64.0 cm³/mol. The molecule has 0 atom stereocenters. The maximum Gasteiger partial charge on any atom is 0.435 e. The second kappa shape index (κ2) is 4.82. The summed E-state index contributed by atoms with van der Waals surface area (Å²) in [5.74, 6) is 0. The average molecular weight is 291 g/mol. The van der Waals surface area contributed by atoms with E-state index in [4.69, 9.17) is 17.3 Å². The predicted octanol–water partition coefficient (Wildman–Crippen LogP) is 2.71. The lowest BCUT2D eigenvalue weighted by Gasteiger charge is -2.12. The Bertz CT molecular complexity index is 606. The molecule has 0 spiro atoms. The molecule has 0 fully saturated rings. The van der Waals surface area contributed by atoms with Gasteiger partial charge >= 0.3 is 6.18 Å². The van der Waals surface area contributed by atoms with E-state index in [0.29, 0.717) is 10.6 Å². The Morgan fingerprint density at radius 1 is 1.37 bits per heavy atom. The van der Waals surface area contributed by atoms with E-state index in [1.165, 1.54) is 6.07 Å². The van der Waals surface area contributed by atoms with Gasteiger partial charge in [-0.05, 0) is 24.6 Å². The van der Waals surface area contributed by atoms with Gasteiger partial charge in [-0.2, -0.15) is 13.2 Å². The monoisotopic (exact) mass is 290 g/mol. The molecule has 0 saturated heterocycles. The Hall–Kier alpha value is -1.60. The zero-order chi connectivity index (χ0) is 14.2. The zero-order valence-corrected chi connectivity index (χ0v) is 10.6. The lowest BCUT2D eigenvalue weighted by atomic mass is 10.2. The first-order chi connectivity index (χ1) is 8.84. The van der Waals surface area contributed by atoms with Gasteiger partial charge in [0, 0.05) is 11.6 Å². The molecule has 0 aliphatic rings. The van der Waals surface area contributed by atoms with E-state index in [2.05, 4.69) is 10.3 Å². The van der Waals surface area contributed by atoms with Crippen molar-refractivity contribution in [2.45, 2.75) is 19.6 Å². The van der Waals surface area contributed by atoms with Crippen molar-refractivity contribution >= 4 is 11.6 Å². The summed E-state index contributed by atoms with van der Waals surface area (Å²) in [5.41, 5.74) is 4.82. The van der Waals surface area contributed by atoms with Crippen LogP contribution in [0.1, 0.15) is 17.0 Å². The van der Waals surface area contributed by atoms with Crippen LogP contribution in [0.3, 0.4) is 0 Å². The summed E-state index contributed by atoms with van der Waals surface area (Å²) in [6, 6.07) is 4.61. The molecule has 4 nitrogen and oxygen atoms in total. The minimum atomic E-state index is -4.59. The molecule has 0 unspecified atom stereocenters. The smallest absolute Gasteiger partial charge is 0.325 e. The Balaban J connectivity index is 2.69. The van der Waals surface area contributed by atoms with Crippen LogP contribution in [0.25, 0.3) is 5.69 Å². The highest BCUT2D eigenvalue weighted by atomic mass is 35.5. The molecule has 8 heteroatoms. The number of aromatic nitrogens is 3. The Morgan fingerprint density at radius 3 is 2.63 bits per heavy atom. The molecular weight excluding hydrogens is 281 g/mol. The molecule has 2 N–H and O–H groups in total. The van der Waals surface area contributed by atoms with Crippen LogP contribution in [0.15, 0.2) is 18.2 Å². The summed E-state index contributed by atoms with van der Waals surface area (Å²) in [5, 5.41) is 7.32. The normalized spacial score (nSPS) is 11.9. The van der Waals surface area contributed by atoms with Gasteiger partial charge in [-0.15, -0.1) is 5.10 Å². The highest BCUT2D eigenvalue weighted by molar-refractivity contribution is 6.30. The van der Waals surface area contributed by atoms with Crippen LogP contribution in [-0.4, -0.2) is 15.0 Å². The first-order valence-electron chi connectivity index (χ1n) is 5.33. The highest BCUT2D eigenvalue weighted by Gasteiger charge is 2.39.